The summed E-state index contributed by atoms with van der Waals surface area (Å²) in [6.07, 6.45) is 61.5. The molecule has 80 heavy (non-hydrogen) atoms. The lowest BCUT2D eigenvalue weighted by Gasteiger charge is -2.41. The molecule has 1 amide bonds. The molecule has 1 aliphatic heterocycles. The molecule has 0 aromatic carbocycles. The molecule has 0 spiro atoms. The molecule has 0 aromatic heterocycles. The molecule has 0 aliphatic carbocycles. The van der Waals surface area contributed by atoms with Gasteiger partial charge in [0.05, 0.1) is 25.4 Å². The Morgan fingerprint density at radius 1 is 0.487 bits per heavy atom. The van der Waals surface area contributed by atoms with Crippen LogP contribution in [0.5, 0.6) is 0 Å². The van der Waals surface area contributed by atoms with Crippen LogP contribution in [0.1, 0.15) is 303 Å². The van der Waals surface area contributed by atoms with Gasteiger partial charge in [-0.05, 0) is 77.0 Å². The maximum Gasteiger partial charge on any atom is 0.306 e. The van der Waals surface area contributed by atoms with E-state index in [1.165, 1.54) is 199 Å². The molecule has 1 heterocycles. The third kappa shape index (κ3) is 44.0. The van der Waals surface area contributed by atoms with Gasteiger partial charge in [-0.15, -0.1) is 0 Å². The maximum atomic E-state index is 13.5. The number of allylic oxidation sites excluding steroid dienone is 9. The zero-order valence-electron chi connectivity index (χ0n) is 51.7. The Hall–Kier alpha value is -2.64. The van der Waals surface area contributed by atoms with Gasteiger partial charge in [-0.2, -0.15) is 0 Å². The fraction of sp³-hybridized carbons (Fsp3) is 0.826. The molecule has 11 heteroatoms. The summed E-state index contributed by atoms with van der Waals surface area (Å²) in [5, 5.41) is 57.0. The predicted octanol–water partition coefficient (Wildman–Crippen LogP) is 16.6. The second-order valence-electron chi connectivity index (χ2n) is 23.2. The van der Waals surface area contributed by atoms with Gasteiger partial charge in [0.2, 0.25) is 5.91 Å². The van der Waals surface area contributed by atoms with E-state index in [9.17, 15) is 35.1 Å². The maximum absolute atomic E-state index is 13.5. The Kier molecular flexibility index (Phi) is 53.5. The summed E-state index contributed by atoms with van der Waals surface area (Å²) in [6, 6.07) is -1.03. The van der Waals surface area contributed by atoms with Crippen molar-refractivity contribution in [2.24, 2.45) is 0 Å². The van der Waals surface area contributed by atoms with Crippen LogP contribution in [0.3, 0.4) is 0 Å². The van der Waals surface area contributed by atoms with Gasteiger partial charge >= 0.3 is 5.97 Å². The molecule has 1 fully saturated rings. The molecular weight excluding hydrogens is 1000 g/mol. The van der Waals surface area contributed by atoms with Crippen molar-refractivity contribution < 1.29 is 49.3 Å². The molecule has 0 bridgehead atoms. The van der Waals surface area contributed by atoms with E-state index in [0.29, 0.717) is 12.8 Å². The van der Waals surface area contributed by atoms with Gasteiger partial charge in [0, 0.05) is 6.42 Å². The highest BCUT2D eigenvalue weighted by molar-refractivity contribution is 5.80. The van der Waals surface area contributed by atoms with Crippen molar-refractivity contribution in [1.82, 2.24) is 5.32 Å². The quantitative estimate of drug-likeness (QED) is 0.0195. The van der Waals surface area contributed by atoms with Crippen molar-refractivity contribution in [2.45, 2.75) is 352 Å². The number of unbranched alkanes of at least 4 members (excludes halogenated alkanes) is 35. The first-order valence-electron chi connectivity index (χ1n) is 33.6. The Balaban J connectivity index is 2.58. The monoisotopic (exact) mass is 1130 g/mol. The highest BCUT2D eigenvalue weighted by Crippen LogP contribution is 2.26. The van der Waals surface area contributed by atoms with Crippen molar-refractivity contribution in [3.05, 3.63) is 60.8 Å². The summed E-state index contributed by atoms with van der Waals surface area (Å²) in [5.74, 6) is -1.26. The average molecular weight is 1130 g/mol. The van der Waals surface area contributed by atoms with Gasteiger partial charge in [-0.25, -0.2) is 0 Å². The number of rotatable bonds is 57. The molecule has 8 unspecified atom stereocenters. The highest BCUT2D eigenvalue weighted by atomic mass is 16.7. The molecule has 8 atom stereocenters. The summed E-state index contributed by atoms with van der Waals surface area (Å²) in [5.41, 5.74) is 0. The van der Waals surface area contributed by atoms with Crippen LogP contribution in [0.15, 0.2) is 60.8 Å². The Morgan fingerprint density at radius 3 is 1.30 bits per heavy atom. The summed E-state index contributed by atoms with van der Waals surface area (Å²) in [6.45, 7) is 5.74. The van der Waals surface area contributed by atoms with Crippen LogP contribution in [0.4, 0.5) is 0 Å². The fourth-order valence-corrected chi connectivity index (χ4v) is 10.3. The van der Waals surface area contributed by atoms with Crippen molar-refractivity contribution in [3.8, 4) is 0 Å². The summed E-state index contributed by atoms with van der Waals surface area (Å²) >= 11 is 0. The standard InChI is InChI=1S/C69H125NO10/c1-4-7-10-13-16-19-22-25-26-27-28-29-30-31-32-33-34-35-36-37-39-41-44-47-50-53-56-62(73)68(77)70-60(61(72)55-52-49-46-43-40-24-21-18-15-12-9-6-3)59-78-69-67(66(76)65(75)63(58-71)79-69)80-64(74)57-54-51-48-45-42-38-23-20-17-14-11-8-5-2/h16,19,25-26,38,42,48,51-52,55,60-63,65-67,69,71-73,75-76H,4-15,17-18,20-24,27-37,39-41,43-47,49-50,53-54,56-59H2,1-3H3,(H,70,77)/b19-16-,26-25-,42-38-,51-48+,55-52+. The molecule has 0 radical (unpaired) electrons. The Labute approximate surface area is 490 Å². The van der Waals surface area contributed by atoms with E-state index in [1.54, 1.807) is 6.08 Å². The molecule has 0 aromatic rings. The van der Waals surface area contributed by atoms with Gasteiger partial charge in [0.25, 0.3) is 0 Å². The van der Waals surface area contributed by atoms with Gasteiger partial charge in [0.1, 0.15) is 24.4 Å². The molecule has 466 valence electrons. The van der Waals surface area contributed by atoms with E-state index in [-0.39, 0.29) is 19.4 Å². The second kappa shape index (κ2) is 56.8. The van der Waals surface area contributed by atoms with E-state index in [2.05, 4.69) is 62.5 Å². The molecule has 1 aliphatic rings. The van der Waals surface area contributed by atoms with Crippen LogP contribution in [-0.4, -0.2) is 99.6 Å². The Morgan fingerprint density at radius 2 is 0.863 bits per heavy atom. The Bertz CT molecular complexity index is 1530. The lowest BCUT2D eigenvalue weighted by molar-refractivity contribution is -0.305. The van der Waals surface area contributed by atoms with Crippen molar-refractivity contribution in [3.63, 3.8) is 0 Å². The van der Waals surface area contributed by atoms with Crippen LogP contribution in [-0.2, 0) is 23.8 Å². The van der Waals surface area contributed by atoms with Crippen LogP contribution < -0.4 is 5.32 Å². The van der Waals surface area contributed by atoms with Gasteiger partial charge in [0.15, 0.2) is 12.4 Å². The van der Waals surface area contributed by atoms with Gasteiger partial charge < -0.3 is 45.1 Å². The molecule has 1 saturated heterocycles. The van der Waals surface area contributed by atoms with E-state index >= 15 is 0 Å². The minimum absolute atomic E-state index is 0.0181. The van der Waals surface area contributed by atoms with Crippen LogP contribution >= 0.6 is 0 Å². The number of hydrogen-bond donors (Lipinski definition) is 6. The third-order valence-corrected chi connectivity index (χ3v) is 15.7. The fourth-order valence-electron chi connectivity index (χ4n) is 10.3. The first-order valence-corrected chi connectivity index (χ1v) is 33.6. The molecular formula is C69H125NO10. The van der Waals surface area contributed by atoms with E-state index < -0.39 is 67.4 Å². The first kappa shape index (κ1) is 75.4. The minimum Gasteiger partial charge on any atom is -0.454 e. The lowest BCUT2D eigenvalue weighted by Crippen LogP contribution is -2.61. The van der Waals surface area contributed by atoms with Crippen molar-refractivity contribution in [1.29, 1.82) is 0 Å². The number of hydrogen-bond acceptors (Lipinski definition) is 10. The van der Waals surface area contributed by atoms with Crippen LogP contribution in [0.25, 0.3) is 0 Å². The number of esters is 1. The summed E-state index contributed by atoms with van der Waals surface area (Å²) < 4.78 is 17.6. The number of ether oxygens (including phenoxy) is 3. The zero-order valence-corrected chi connectivity index (χ0v) is 51.7. The minimum atomic E-state index is -1.64. The van der Waals surface area contributed by atoms with E-state index in [0.717, 1.165) is 57.8 Å². The number of nitrogens with one attached hydrogen (secondary N) is 1. The lowest BCUT2D eigenvalue weighted by atomic mass is 9.99. The van der Waals surface area contributed by atoms with Crippen LogP contribution in [0.2, 0.25) is 0 Å². The summed E-state index contributed by atoms with van der Waals surface area (Å²) in [4.78, 5) is 26.5. The third-order valence-electron chi connectivity index (χ3n) is 15.7. The van der Waals surface area contributed by atoms with E-state index in [4.69, 9.17) is 14.2 Å². The number of carbonyl (C=O) groups excluding carboxylic acids is 2. The molecule has 0 saturated carbocycles. The van der Waals surface area contributed by atoms with Gasteiger partial charge in [-0.1, -0.05) is 281 Å². The largest absolute Gasteiger partial charge is 0.454 e. The first-order chi connectivity index (χ1) is 39.2. The molecule has 11 nitrogen and oxygen atoms in total. The topological polar surface area (TPSA) is 175 Å². The SMILES string of the molecule is CCCCC/C=C\C/C=C\CCCCCCCCCCCCCCCCCCC(O)C(=O)NC(COC1OC(CO)C(O)C(O)C1OC(=O)CC/C=C/C/C=C\CCCCCCCC)C(O)/C=C/CCCCCCCCCCCC. The molecule has 6 N–H and O–H groups in total. The highest BCUT2D eigenvalue weighted by Gasteiger charge is 2.47. The number of aliphatic hydroxyl groups is 5. The molecule has 1 rings (SSSR count). The normalized spacial score (nSPS) is 19.1. The van der Waals surface area contributed by atoms with Crippen molar-refractivity contribution >= 4 is 11.9 Å². The van der Waals surface area contributed by atoms with E-state index in [1.807, 2.05) is 18.2 Å². The smallest absolute Gasteiger partial charge is 0.306 e. The van der Waals surface area contributed by atoms with Crippen molar-refractivity contribution in [2.75, 3.05) is 13.2 Å². The number of carbonyl (C=O) groups is 2. The number of amides is 1. The second-order valence-corrected chi connectivity index (χ2v) is 23.2. The average Bonchev–Trinajstić information content (AvgIpc) is 3.51. The van der Waals surface area contributed by atoms with Gasteiger partial charge in [-0.3, -0.25) is 9.59 Å². The predicted molar refractivity (Wildman–Crippen MR) is 333 cm³/mol. The zero-order chi connectivity index (χ0) is 58.2. The number of aliphatic hydroxyl groups excluding tert-OH is 5. The van der Waals surface area contributed by atoms with Crippen LogP contribution in [0, 0.1) is 0 Å². The summed E-state index contributed by atoms with van der Waals surface area (Å²) in [7, 11) is 0.